The summed E-state index contributed by atoms with van der Waals surface area (Å²) in [5.74, 6) is 0.778. The molecule has 6 heteroatoms. The van der Waals surface area contributed by atoms with Gasteiger partial charge in [0.1, 0.15) is 5.75 Å². The molecule has 2 heterocycles. The lowest BCUT2D eigenvalue weighted by atomic mass is 9.84. The minimum absolute atomic E-state index is 0.333. The third-order valence-electron chi connectivity index (χ3n) is 4.46. The summed E-state index contributed by atoms with van der Waals surface area (Å²) in [6, 6.07) is 3.83. The van der Waals surface area contributed by atoms with Gasteiger partial charge in [0.15, 0.2) is 0 Å². The van der Waals surface area contributed by atoms with E-state index >= 15 is 0 Å². The van der Waals surface area contributed by atoms with E-state index in [-0.39, 0.29) is 11.2 Å². The molecule has 0 atom stereocenters. The van der Waals surface area contributed by atoms with Crippen molar-refractivity contribution in [3.8, 4) is 5.75 Å². The van der Waals surface area contributed by atoms with Gasteiger partial charge in [-0.2, -0.15) is 0 Å². The smallest absolute Gasteiger partial charge is 0.488 e. The highest BCUT2D eigenvalue weighted by Crippen LogP contribution is 2.36. The molecule has 114 valence electrons. The van der Waals surface area contributed by atoms with Gasteiger partial charge in [-0.15, -0.1) is 0 Å². The molecule has 1 saturated carbocycles. The molecule has 0 radical (unpaired) electrons. The van der Waals surface area contributed by atoms with Crippen molar-refractivity contribution in [3.05, 3.63) is 17.8 Å². The Morgan fingerprint density at radius 3 is 2.38 bits per heavy atom. The predicted molar refractivity (Wildman–Crippen MR) is 81.5 cm³/mol. The second-order valence-electron chi connectivity index (χ2n) is 6.79. The van der Waals surface area contributed by atoms with E-state index in [2.05, 4.69) is 4.98 Å². The maximum atomic E-state index is 6.02. The summed E-state index contributed by atoms with van der Waals surface area (Å²) in [5, 5.41) is 0. The summed E-state index contributed by atoms with van der Waals surface area (Å²) >= 11 is 0. The van der Waals surface area contributed by atoms with E-state index in [1.54, 1.807) is 0 Å². The SMILES string of the molecule is CC1(C)OB(c2ccc(OC3CC3)c(CN)n2)OC1(C)C. The molecule has 1 aromatic heterocycles. The highest BCUT2D eigenvalue weighted by molar-refractivity contribution is 6.61. The highest BCUT2D eigenvalue weighted by atomic mass is 16.7. The molecule has 0 spiro atoms. The van der Waals surface area contributed by atoms with Gasteiger partial charge < -0.3 is 19.8 Å². The van der Waals surface area contributed by atoms with Gasteiger partial charge in [0.25, 0.3) is 0 Å². The zero-order valence-electron chi connectivity index (χ0n) is 13.2. The highest BCUT2D eigenvalue weighted by Gasteiger charge is 2.52. The number of pyridine rings is 1. The van der Waals surface area contributed by atoms with E-state index in [9.17, 15) is 0 Å². The van der Waals surface area contributed by atoms with E-state index < -0.39 is 7.12 Å². The quantitative estimate of drug-likeness (QED) is 0.849. The molecular weight excluding hydrogens is 267 g/mol. The molecule has 0 unspecified atom stereocenters. The van der Waals surface area contributed by atoms with Gasteiger partial charge in [0.05, 0.1) is 28.6 Å². The van der Waals surface area contributed by atoms with Crippen molar-refractivity contribution in [2.24, 2.45) is 5.73 Å². The lowest BCUT2D eigenvalue weighted by Crippen LogP contribution is -2.41. The zero-order chi connectivity index (χ0) is 15.3. The van der Waals surface area contributed by atoms with Gasteiger partial charge in [0.2, 0.25) is 0 Å². The van der Waals surface area contributed by atoms with Crippen molar-refractivity contribution in [1.82, 2.24) is 4.98 Å². The van der Waals surface area contributed by atoms with E-state index in [0.717, 1.165) is 29.9 Å². The fourth-order valence-corrected chi connectivity index (χ4v) is 2.22. The van der Waals surface area contributed by atoms with Gasteiger partial charge in [-0.3, -0.25) is 4.98 Å². The summed E-state index contributed by atoms with van der Waals surface area (Å²) in [6.45, 7) is 8.46. The van der Waals surface area contributed by atoms with Gasteiger partial charge in [-0.1, -0.05) is 0 Å². The molecule has 5 nitrogen and oxygen atoms in total. The van der Waals surface area contributed by atoms with E-state index in [0.29, 0.717) is 12.6 Å². The van der Waals surface area contributed by atoms with Crippen molar-refractivity contribution in [2.75, 3.05) is 0 Å². The number of hydrogen-bond acceptors (Lipinski definition) is 5. The minimum atomic E-state index is -0.463. The van der Waals surface area contributed by atoms with Gasteiger partial charge in [0, 0.05) is 6.54 Å². The van der Waals surface area contributed by atoms with Crippen LogP contribution in [0.5, 0.6) is 5.75 Å². The first-order chi connectivity index (χ1) is 9.82. The lowest BCUT2D eigenvalue weighted by Gasteiger charge is -2.32. The number of rotatable bonds is 4. The Kier molecular flexibility index (Phi) is 3.51. The van der Waals surface area contributed by atoms with Crippen LogP contribution in [0.4, 0.5) is 0 Å². The van der Waals surface area contributed by atoms with Crippen molar-refractivity contribution < 1.29 is 14.0 Å². The molecule has 2 N–H and O–H groups in total. The molecule has 2 aliphatic rings. The third-order valence-corrected chi connectivity index (χ3v) is 4.46. The molecule has 2 fully saturated rings. The predicted octanol–water partition coefficient (Wildman–Crippen LogP) is 1.38. The second kappa shape index (κ2) is 4.97. The van der Waals surface area contributed by atoms with E-state index in [4.69, 9.17) is 19.8 Å². The van der Waals surface area contributed by atoms with Crippen molar-refractivity contribution in [1.29, 1.82) is 0 Å². The minimum Gasteiger partial charge on any atom is -0.488 e. The molecule has 1 saturated heterocycles. The van der Waals surface area contributed by atoms with Crippen LogP contribution in [0.25, 0.3) is 0 Å². The zero-order valence-corrected chi connectivity index (χ0v) is 13.2. The number of nitrogens with two attached hydrogens (primary N) is 1. The topological polar surface area (TPSA) is 66.6 Å². The number of ether oxygens (including phenoxy) is 1. The Balaban J connectivity index is 1.83. The summed E-state index contributed by atoms with van der Waals surface area (Å²) in [7, 11) is -0.463. The van der Waals surface area contributed by atoms with Crippen molar-refractivity contribution in [3.63, 3.8) is 0 Å². The average Bonchev–Trinajstić information content (AvgIpc) is 3.17. The fraction of sp³-hybridized carbons (Fsp3) is 0.667. The standard InChI is InChI=1S/C15H23BN2O3/c1-14(2)15(3,4)21-16(20-14)13-8-7-12(11(9-17)18-13)19-10-5-6-10/h7-8,10H,5-6,9,17H2,1-4H3. The van der Waals surface area contributed by atoms with Crippen LogP contribution in [0.1, 0.15) is 46.2 Å². The fourth-order valence-electron chi connectivity index (χ4n) is 2.22. The molecule has 0 aromatic carbocycles. The molecular formula is C15H23BN2O3. The second-order valence-corrected chi connectivity index (χ2v) is 6.79. The first kappa shape index (κ1) is 14.8. The summed E-state index contributed by atoms with van der Waals surface area (Å²) in [6.07, 6.45) is 2.56. The first-order valence-electron chi connectivity index (χ1n) is 7.54. The van der Waals surface area contributed by atoms with Crippen LogP contribution in [-0.4, -0.2) is 29.4 Å². The first-order valence-corrected chi connectivity index (χ1v) is 7.54. The Hall–Kier alpha value is -1.11. The van der Waals surface area contributed by atoms with Gasteiger partial charge in [-0.25, -0.2) is 0 Å². The molecule has 0 amide bonds. The third kappa shape index (κ3) is 2.80. The summed E-state index contributed by atoms with van der Waals surface area (Å²) in [5.41, 5.74) is 6.56. The van der Waals surface area contributed by atoms with Gasteiger partial charge in [-0.05, 0) is 52.7 Å². The molecule has 21 heavy (non-hydrogen) atoms. The lowest BCUT2D eigenvalue weighted by molar-refractivity contribution is 0.00578. The largest absolute Gasteiger partial charge is 0.514 e. The number of aromatic nitrogens is 1. The molecule has 1 aromatic rings. The summed E-state index contributed by atoms with van der Waals surface area (Å²) in [4.78, 5) is 4.59. The maximum absolute atomic E-state index is 6.02. The average molecular weight is 290 g/mol. The Morgan fingerprint density at radius 2 is 1.86 bits per heavy atom. The van der Waals surface area contributed by atoms with E-state index in [1.165, 1.54) is 0 Å². The molecule has 1 aliphatic carbocycles. The Morgan fingerprint density at radius 1 is 1.24 bits per heavy atom. The normalized spacial score (nSPS) is 23.4. The Labute approximate surface area is 126 Å². The van der Waals surface area contributed by atoms with Crippen LogP contribution < -0.4 is 16.1 Å². The number of hydrogen-bond donors (Lipinski definition) is 1. The monoisotopic (exact) mass is 290 g/mol. The van der Waals surface area contributed by atoms with Gasteiger partial charge >= 0.3 is 7.12 Å². The maximum Gasteiger partial charge on any atom is 0.514 e. The van der Waals surface area contributed by atoms with Crippen molar-refractivity contribution >= 4 is 12.7 Å². The molecule has 3 rings (SSSR count). The van der Waals surface area contributed by atoms with Crippen LogP contribution in [0.15, 0.2) is 12.1 Å². The summed E-state index contributed by atoms with van der Waals surface area (Å²) < 4.78 is 17.9. The van der Waals surface area contributed by atoms with E-state index in [1.807, 2.05) is 39.8 Å². The molecule has 0 bridgehead atoms. The van der Waals surface area contributed by atoms with Crippen LogP contribution in [-0.2, 0) is 15.9 Å². The van der Waals surface area contributed by atoms with Crippen LogP contribution >= 0.6 is 0 Å². The Bertz CT molecular complexity index is 528. The van der Waals surface area contributed by atoms with Crippen LogP contribution in [0, 0.1) is 0 Å². The van der Waals surface area contributed by atoms with Crippen LogP contribution in [0.3, 0.4) is 0 Å². The van der Waals surface area contributed by atoms with Crippen LogP contribution in [0.2, 0.25) is 0 Å². The number of nitrogens with zero attached hydrogens (tertiary/aromatic N) is 1. The van der Waals surface area contributed by atoms with Crippen molar-refractivity contribution in [2.45, 2.75) is 64.4 Å². The molecule has 1 aliphatic heterocycles.